The summed E-state index contributed by atoms with van der Waals surface area (Å²) in [6.07, 6.45) is 1.96. The number of sulfonamides is 1. The van der Waals surface area contributed by atoms with Crippen molar-refractivity contribution in [3.05, 3.63) is 0 Å². The average Bonchev–Trinajstić information content (AvgIpc) is 2.49. The molecule has 0 atom stereocenters. The second-order valence-corrected chi connectivity index (χ2v) is 8.70. The molecule has 0 rings (SSSR count). The second kappa shape index (κ2) is 14.9. The Hall–Kier alpha value is -0.130. The zero-order valence-electron chi connectivity index (χ0n) is 17.6. The first-order chi connectivity index (χ1) is 11.6. The van der Waals surface area contributed by atoms with Gasteiger partial charge in [-0.2, -0.15) is 0 Å². The van der Waals surface area contributed by atoms with Gasteiger partial charge in [0.05, 0.1) is 6.26 Å². The third kappa shape index (κ3) is 12.3. The first-order valence-corrected chi connectivity index (χ1v) is 11.2. The van der Waals surface area contributed by atoms with E-state index >= 15 is 0 Å². The molecule has 0 spiro atoms. The van der Waals surface area contributed by atoms with Gasteiger partial charge in [-0.1, -0.05) is 6.92 Å². The van der Waals surface area contributed by atoms with Crippen molar-refractivity contribution in [2.24, 2.45) is 4.99 Å². The summed E-state index contributed by atoms with van der Waals surface area (Å²) in [5, 5.41) is 6.59. The predicted octanol–water partition coefficient (Wildman–Crippen LogP) is 1.95. The molecule has 0 saturated carbocycles. The number of guanidine groups is 1. The summed E-state index contributed by atoms with van der Waals surface area (Å²) < 4.78 is 24.6. The van der Waals surface area contributed by atoms with Crippen molar-refractivity contribution >= 4 is 40.0 Å². The smallest absolute Gasteiger partial charge is 0.211 e. The van der Waals surface area contributed by atoms with Crippen molar-refractivity contribution in [1.82, 2.24) is 19.8 Å². The zero-order valence-corrected chi connectivity index (χ0v) is 20.7. The molecule has 0 aromatic carbocycles. The molecule has 0 saturated heterocycles. The quantitative estimate of drug-likeness (QED) is 0.184. The molecule has 26 heavy (non-hydrogen) atoms. The van der Waals surface area contributed by atoms with Crippen molar-refractivity contribution in [3.63, 3.8) is 0 Å². The van der Waals surface area contributed by atoms with E-state index in [9.17, 15) is 8.42 Å². The van der Waals surface area contributed by atoms with Crippen LogP contribution in [0.3, 0.4) is 0 Å². The SMILES string of the molecule is CCNC(=NCCCN(CC)S(C)(=O)=O)NCCN(C(C)C)C(C)C.I. The molecule has 0 bridgehead atoms. The van der Waals surface area contributed by atoms with E-state index in [0.717, 1.165) is 25.6 Å². The predicted molar refractivity (Wildman–Crippen MR) is 123 cm³/mol. The molecular weight excluding hydrogens is 465 g/mol. The number of aliphatic imine (C=N–C) groups is 1. The Labute approximate surface area is 178 Å². The lowest BCUT2D eigenvalue weighted by atomic mass is 10.2. The van der Waals surface area contributed by atoms with Crippen LogP contribution in [0.2, 0.25) is 0 Å². The Bertz CT molecular complexity index is 476. The van der Waals surface area contributed by atoms with Gasteiger partial charge in [-0.3, -0.25) is 9.89 Å². The summed E-state index contributed by atoms with van der Waals surface area (Å²) in [4.78, 5) is 6.98. The normalized spacial score (nSPS) is 12.8. The lowest BCUT2D eigenvalue weighted by molar-refractivity contribution is 0.178. The van der Waals surface area contributed by atoms with Crippen molar-refractivity contribution < 1.29 is 8.42 Å². The molecule has 0 aromatic heterocycles. The van der Waals surface area contributed by atoms with E-state index in [1.54, 1.807) is 0 Å². The summed E-state index contributed by atoms with van der Waals surface area (Å²) in [6, 6.07) is 1.02. The van der Waals surface area contributed by atoms with E-state index in [1.165, 1.54) is 10.6 Å². The minimum atomic E-state index is -3.12. The molecule has 9 heteroatoms. The lowest BCUT2D eigenvalue weighted by Crippen LogP contribution is -2.45. The first kappa shape index (κ1) is 28.1. The van der Waals surface area contributed by atoms with Crippen molar-refractivity contribution in [2.45, 2.75) is 60.0 Å². The van der Waals surface area contributed by atoms with Gasteiger partial charge < -0.3 is 10.6 Å². The Morgan fingerprint density at radius 3 is 2.04 bits per heavy atom. The Balaban J connectivity index is 0. The maximum Gasteiger partial charge on any atom is 0.211 e. The minimum Gasteiger partial charge on any atom is -0.357 e. The molecule has 0 unspecified atom stereocenters. The van der Waals surface area contributed by atoms with E-state index < -0.39 is 10.0 Å². The fraction of sp³-hybridized carbons (Fsp3) is 0.941. The molecule has 0 aromatic rings. The van der Waals surface area contributed by atoms with E-state index in [0.29, 0.717) is 38.1 Å². The van der Waals surface area contributed by atoms with E-state index in [4.69, 9.17) is 0 Å². The number of rotatable bonds is 12. The highest BCUT2D eigenvalue weighted by Gasteiger charge is 2.14. The van der Waals surface area contributed by atoms with Crippen molar-refractivity contribution in [3.8, 4) is 0 Å². The lowest BCUT2D eigenvalue weighted by Gasteiger charge is -2.30. The molecule has 0 fully saturated rings. The fourth-order valence-electron chi connectivity index (χ4n) is 2.75. The van der Waals surface area contributed by atoms with Crippen LogP contribution in [0.25, 0.3) is 0 Å². The maximum atomic E-state index is 11.6. The van der Waals surface area contributed by atoms with Crippen LogP contribution in [0, 0.1) is 0 Å². The van der Waals surface area contributed by atoms with Gasteiger partial charge in [0.15, 0.2) is 5.96 Å². The van der Waals surface area contributed by atoms with E-state index in [1.807, 2.05) is 13.8 Å². The highest BCUT2D eigenvalue weighted by atomic mass is 127. The van der Waals surface area contributed by atoms with Crippen LogP contribution >= 0.6 is 24.0 Å². The number of halogens is 1. The molecular formula is C17H40IN5O2S. The zero-order chi connectivity index (χ0) is 19.5. The Morgan fingerprint density at radius 2 is 1.62 bits per heavy atom. The van der Waals surface area contributed by atoms with Gasteiger partial charge in [-0.25, -0.2) is 12.7 Å². The molecule has 158 valence electrons. The van der Waals surface area contributed by atoms with Crippen LogP contribution in [0.1, 0.15) is 48.0 Å². The van der Waals surface area contributed by atoms with Gasteiger partial charge in [0.25, 0.3) is 0 Å². The molecule has 2 N–H and O–H groups in total. The maximum absolute atomic E-state index is 11.6. The van der Waals surface area contributed by atoms with Crippen LogP contribution < -0.4 is 10.6 Å². The highest BCUT2D eigenvalue weighted by molar-refractivity contribution is 14.0. The topological polar surface area (TPSA) is 77.0 Å². The van der Waals surface area contributed by atoms with Gasteiger partial charge in [-0.15, -0.1) is 24.0 Å². The summed E-state index contributed by atoms with van der Waals surface area (Å²) in [6.45, 7) is 16.9. The molecule has 0 heterocycles. The van der Waals surface area contributed by atoms with Crippen LogP contribution in [0.4, 0.5) is 0 Å². The summed E-state index contributed by atoms with van der Waals surface area (Å²) in [7, 11) is -3.12. The largest absolute Gasteiger partial charge is 0.357 e. The van der Waals surface area contributed by atoms with E-state index in [-0.39, 0.29) is 24.0 Å². The number of nitrogens with one attached hydrogen (secondary N) is 2. The van der Waals surface area contributed by atoms with Crippen LogP contribution in [-0.2, 0) is 10.0 Å². The summed E-state index contributed by atoms with van der Waals surface area (Å²) in [5.74, 6) is 0.789. The standard InChI is InChI=1S/C17H39N5O2S.HI/c1-8-18-17(20-12-14-22(15(3)4)16(5)6)19-11-10-13-21(9-2)25(7,23)24;/h15-16H,8-14H2,1-7H3,(H2,18,19,20);1H. The van der Waals surface area contributed by atoms with E-state index in [2.05, 4.69) is 48.2 Å². The number of hydrogen-bond donors (Lipinski definition) is 2. The van der Waals surface area contributed by atoms with Gasteiger partial charge >= 0.3 is 0 Å². The molecule has 7 nitrogen and oxygen atoms in total. The van der Waals surface area contributed by atoms with Crippen LogP contribution in [0.15, 0.2) is 4.99 Å². The first-order valence-electron chi connectivity index (χ1n) is 9.36. The Kier molecular flexibility index (Phi) is 16.1. The van der Waals surface area contributed by atoms with Gasteiger partial charge in [0.2, 0.25) is 10.0 Å². The van der Waals surface area contributed by atoms with Crippen LogP contribution in [0.5, 0.6) is 0 Å². The van der Waals surface area contributed by atoms with Gasteiger partial charge in [0.1, 0.15) is 0 Å². The van der Waals surface area contributed by atoms with Crippen LogP contribution in [-0.4, -0.2) is 81.2 Å². The monoisotopic (exact) mass is 505 g/mol. The molecule has 0 aliphatic heterocycles. The second-order valence-electron chi connectivity index (χ2n) is 6.72. The molecule has 0 radical (unpaired) electrons. The fourth-order valence-corrected chi connectivity index (χ4v) is 3.68. The minimum absolute atomic E-state index is 0. The number of nitrogens with zero attached hydrogens (tertiary/aromatic N) is 3. The van der Waals surface area contributed by atoms with Crippen molar-refractivity contribution in [1.29, 1.82) is 0 Å². The van der Waals surface area contributed by atoms with Gasteiger partial charge in [0, 0.05) is 51.4 Å². The molecule has 0 aliphatic rings. The van der Waals surface area contributed by atoms with Crippen molar-refractivity contribution in [2.75, 3.05) is 45.5 Å². The van der Waals surface area contributed by atoms with Gasteiger partial charge in [-0.05, 0) is 41.0 Å². The molecule has 0 amide bonds. The summed E-state index contributed by atoms with van der Waals surface area (Å²) in [5.41, 5.74) is 0. The summed E-state index contributed by atoms with van der Waals surface area (Å²) >= 11 is 0. The molecule has 0 aliphatic carbocycles. The Morgan fingerprint density at radius 1 is 1.04 bits per heavy atom. The third-order valence-corrected chi connectivity index (χ3v) is 5.37. The third-order valence-electron chi connectivity index (χ3n) is 3.99. The number of hydrogen-bond acceptors (Lipinski definition) is 4. The highest BCUT2D eigenvalue weighted by Crippen LogP contribution is 2.03. The average molecular weight is 506 g/mol.